The van der Waals surface area contributed by atoms with Crippen molar-refractivity contribution in [1.82, 2.24) is 10.3 Å². The van der Waals surface area contributed by atoms with Crippen LogP contribution in [0.2, 0.25) is 5.02 Å². The summed E-state index contributed by atoms with van der Waals surface area (Å²) >= 11 is 5.89. The average molecular weight is 300 g/mol. The van der Waals surface area contributed by atoms with Crippen LogP contribution in [0.5, 0.6) is 5.88 Å². The highest BCUT2D eigenvalue weighted by Gasteiger charge is 2.03. The molecule has 20 heavy (non-hydrogen) atoms. The summed E-state index contributed by atoms with van der Waals surface area (Å²) in [7, 11) is 0. The molecule has 0 unspecified atom stereocenters. The van der Waals surface area contributed by atoms with Gasteiger partial charge in [0.15, 0.2) is 0 Å². The van der Waals surface area contributed by atoms with Crippen molar-refractivity contribution in [1.29, 1.82) is 0 Å². The zero-order valence-electron chi connectivity index (χ0n) is 11.6. The topological polar surface area (TPSA) is 77.2 Å². The van der Waals surface area contributed by atoms with Crippen molar-refractivity contribution in [3.63, 3.8) is 0 Å². The number of nitrogens with zero attached hydrogens (tertiary/aromatic N) is 1. The molecular formula is C14H22ClN3O2. The van der Waals surface area contributed by atoms with Crippen LogP contribution >= 0.6 is 11.6 Å². The molecular weight excluding hydrogens is 278 g/mol. The number of carbonyl (C=O) groups excluding carboxylic acids is 1. The smallest absolute Gasteiger partial charge is 0.232 e. The Bertz CT molecular complexity index is 402. The Hall–Kier alpha value is -1.33. The summed E-state index contributed by atoms with van der Waals surface area (Å²) in [6.07, 6.45) is 6.23. The third-order valence-electron chi connectivity index (χ3n) is 2.75. The van der Waals surface area contributed by atoms with Crippen molar-refractivity contribution in [3.8, 4) is 5.88 Å². The average Bonchev–Trinajstić information content (AvgIpc) is 2.45. The van der Waals surface area contributed by atoms with Crippen LogP contribution in [0.4, 0.5) is 0 Å². The van der Waals surface area contributed by atoms with E-state index in [1.54, 1.807) is 18.3 Å². The Morgan fingerprint density at radius 1 is 1.35 bits per heavy atom. The maximum atomic E-state index is 11.5. The van der Waals surface area contributed by atoms with Crippen molar-refractivity contribution >= 4 is 17.5 Å². The van der Waals surface area contributed by atoms with E-state index < -0.39 is 0 Å². The van der Waals surface area contributed by atoms with E-state index in [2.05, 4.69) is 10.3 Å². The second-order valence-electron chi connectivity index (χ2n) is 4.44. The van der Waals surface area contributed by atoms with Crippen LogP contribution in [-0.4, -0.2) is 30.6 Å². The molecule has 1 aromatic heterocycles. The molecule has 0 aliphatic rings. The Morgan fingerprint density at radius 2 is 2.15 bits per heavy atom. The number of amides is 1. The first kappa shape index (κ1) is 16.7. The van der Waals surface area contributed by atoms with Crippen LogP contribution in [0.15, 0.2) is 18.3 Å². The normalized spacial score (nSPS) is 10.3. The summed E-state index contributed by atoms with van der Waals surface area (Å²) in [5, 5.41) is 3.27. The van der Waals surface area contributed by atoms with Crippen molar-refractivity contribution in [2.24, 2.45) is 5.73 Å². The van der Waals surface area contributed by atoms with Gasteiger partial charge in [-0.3, -0.25) is 4.79 Å². The first-order chi connectivity index (χ1) is 9.74. The highest BCUT2D eigenvalue weighted by atomic mass is 35.5. The minimum Gasteiger partial charge on any atom is -0.475 e. The minimum atomic E-state index is 0.0495. The van der Waals surface area contributed by atoms with Gasteiger partial charge in [-0.1, -0.05) is 24.4 Å². The molecule has 0 bridgehead atoms. The monoisotopic (exact) mass is 299 g/mol. The second kappa shape index (κ2) is 10.5. The summed E-state index contributed by atoms with van der Waals surface area (Å²) in [4.78, 5) is 15.5. The molecule has 1 amide bonds. The maximum absolute atomic E-state index is 11.5. The van der Waals surface area contributed by atoms with Gasteiger partial charge in [-0.05, 0) is 31.5 Å². The maximum Gasteiger partial charge on any atom is 0.232 e. The van der Waals surface area contributed by atoms with Gasteiger partial charge in [0.05, 0.1) is 6.54 Å². The molecule has 0 spiro atoms. The third kappa shape index (κ3) is 7.31. The third-order valence-corrected chi connectivity index (χ3v) is 3.03. The fourth-order valence-electron chi connectivity index (χ4n) is 1.69. The number of hydrogen-bond donors (Lipinski definition) is 2. The quantitative estimate of drug-likeness (QED) is 0.649. The van der Waals surface area contributed by atoms with Crippen molar-refractivity contribution in [2.45, 2.75) is 32.1 Å². The van der Waals surface area contributed by atoms with Gasteiger partial charge in [-0.15, -0.1) is 0 Å². The first-order valence-electron chi connectivity index (χ1n) is 6.94. The highest BCUT2D eigenvalue weighted by molar-refractivity contribution is 6.31. The van der Waals surface area contributed by atoms with E-state index in [9.17, 15) is 4.79 Å². The van der Waals surface area contributed by atoms with Gasteiger partial charge < -0.3 is 15.8 Å². The van der Waals surface area contributed by atoms with Gasteiger partial charge in [0.1, 0.15) is 11.6 Å². The Morgan fingerprint density at radius 3 is 2.90 bits per heavy atom. The summed E-state index contributed by atoms with van der Waals surface area (Å²) in [6, 6.07) is 3.45. The van der Waals surface area contributed by atoms with Crippen molar-refractivity contribution in [3.05, 3.63) is 23.4 Å². The Kier molecular flexibility index (Phi) is 8.74. The number of nitrogens with one attached hydrogen (secondary N) is 1. The molecule has 112 valence electrons. The van der Waals surface area contributed by atoms with Crippen LogP contribution < -0.4 is 15.8 Å². The summed E-state index contributed by atoms with van der Waals surface area (Å²) in [5.41, 5.74) is 5.40. The lowest BCUT2D eigenvalue weighted by Gasteiger charge is -2.08. The van der Waals surface area contributed by atoms with E-state index in [4.69, 9.17) is 22.1 Å². The number of hydrogen-bond acceptors (Lipinski definition) is 4. The lowest BCUT2D eigenvalue weighted by Crippen LogP contribution is -2.27. The molecule has 1 aromatic rings. The molecule has 0 saturated heterocycles. The van der Waals surface area contributed by atoms with Gasteiger partial charge in [0.2, 0.25) is 11.8 Å². The van der Waals surface area contributed by atoms with Crippen LogP contribution in [0.3, 0.4) is 0 Å². The molecule has 0 aromatic carbocycles. The number of pyridine rings is 1. The van der Waals surface area contributed by atoms with Crippen LogP contribution in [0.25, 0.3) is 0 Å². The van der Waals surface area contributed by atoms with Crippen LogP contribution in [0, 0.1) is 0 Å². The molecule has 0 fully saturated rings. The highest BCUT2D eigenvalue weighted by Crippen LogP contribution is 2.19. The fraction of sp³-hybridized carbons (Fsp3) is 0.571. The van der Waals surface area contributed by atoms with Crippen LogP contribution in [-0.2, 0) is 4.79 Å². The summed E-state index contributed by atoms with van der Waals surface area (Å²) in [5.74, 6) is 0.443. The van der Waals surface area contributed by atoms with Crippen molar-refractivity contribution in [2.75, 3.05) is 19.7 Å². The molecule has 6 heteroatoms. The van der Waals surface area contributed by atoms with Crippen LogP contribution in [0.1, 0.15) is 32.1 Å². The summed E-state index contributed by atoms with van der Waals surface area (Å²) in [6.45, 7) is 1.53. The zero-order valence-corrected chi connectivity index (χ0v) is 12.4. The van der Waals surface area contributed by atoms with Gasteiger partial charge in [0.25, 0.3) is 0 Å². The number of unbranched alkanes of at least 4 members (excludes halogenated alkanes) is 3. The van der Waals surface area contributed by atoms with E-state index in [0.29, 0.717) is 30.5 Å². The molecule has 1 heterocycles. The number of nitrogens with two attached hydrogens (primary N) is 1. The standard InChI is InChI=1S/C14H22ClN3O2/c15-12-6-5-9-18-14(12)20-11-10-17-13(19)7-3-1-2-4-8-16/h5-6,9H,1-4,7-8,10-11,16H2,(H,17,19). The summed E-state index contributed by atoms with van der Waals surface area (Å²) < 4.78 is 5.37. The van der Waals surface area contributed by atoms with E-state index in [-0.39, 0.29) is 5.91 Å². The molecule has 3 N–H and O–H groups in total. The SMILES string of the molecule is NCCCCCCC(=O)NCCOc1ncccc1Cl. The number of halogens is 1. The number of rotatable bonds is 10. The van der Waals surface area contributed by atoms with Gasteiger partial charge in [0, 0.05) is 12.6 Å². The van der Waals surface area contributed by atoms with E-state index in [1.807, 2.05) is 0 Å². The van der Waals surface area contributed by atoms with Crippen molar-refractivity contribution < 1.29 is 9.53 Å². The molecule has 0 aliphatic heterocycles. The number of carbonyl (C=O) groups is 1. The first-order valence-corrected chi connectivity index (χ1v) is 7.32. The van der Waals surface area contributed by atoms with Gasteiger partial charge >= 0.3 is 0 Å². The Balaban J connectivity index is 2.03. The number of aromatic nitrogens is 1. The zero-order chi connectivity index (χ0) is 14.6. The van der Waals surface area contributed by atoms with E-state index >= 15 is 0 Å². The molecule has 0 atom stereocenters. The molecule has 0 radical (unpaired) electrons. The second-order valence-corrected chi connectivity index (χ2v) is 4.85. The van der Waals surface area contributed by atoms with Gasteiger partial charge in [-0.2, -0.15) is 0 Å². The molecule has 5 nitrogen and oxygen atoms in total. The minimum absolute atomic E-state index is 0.0495. The molecule has 1 rings (SSSR count). The lowest BCUT2D eigenvalue weighted by atomic mass is 10.1. The number of ether oxygens (including phenoxy) is 1. The molecule has 0 saturated carbocycles. The predicted molar refractivity (Wildman–Crippen MR) is 79.9 cm³/mol. The molecule has 0 aliphatic carbocycles. The lowest BCUT2D eigenvalue weighted by molar-refractivity contribution is -0.121. The largest absolute Gasteiger partial charge is 0.475 e. The van der Waals surface area contributed by atoms with Gasteiger partial charge in [-0.25, -0.2) is 4.98 Å². The van der Waals surface area contributed by atoms with E-state index in [1.165, 1.54) is 0 Å². The Labute approximate surface area is 124 Å². The predicted octanol–water partition coefficient (Wildman–Crippen LogP) is 2.14. The van der Waals surface area contributed by atoms with E-state index in [0.717, 1.165) is 32.2 Å². The fourth-order valence-corrected chi connectivity index (χ4v) is 1.86.